The summed E-state index contributed by atoms with van der Waals surface area (Å²) in [5.41, 5.74) is -0.694. The van der Waals surface area contributed by atoms with Crippen molar-refractivity contribution < 1.29 is 30.2 Å². The molecule has 2 nitrogen and oxygen atoms in total. The Hall–Kier alpha value is -7.20. The molecule has 0 bridgehead atoms. The van der Waals surface area contributed by atoms with E-state index >= 15 is 0 Å². The van der Waals surface area contributed by atoms with Crippen LogP contribution in [0.25, 0.3) is 109 Å². The maximum absolute atomic E-state index is 10.1. The normalized spacial score (nSPS) is 17.3. The van der Waals surface area contributed by atoms with Crippen LogP contribution in [0.15, 0.2) is 206 Å². The van der Waals surface area contributed by atoms with Gasteiger partial charge in [0.2, 0.25) is 0 Å². The van der Waals surface area contributed by atoms with Gasteiger partial charge >= 0.3 is 0 Å². The Morgan fingerprint density at radius 2 is 1.19 bits per heavy atom. The van der Waals surface area contributed by atoms with E-state index in [1.807, 2.05) is 0 Å². The number of fused-ring (bicyclic) bond motifs is 9. The Morgan fingerprint density at radius 1 is 0.368 bits per heavy atom. The van der Waals surface area contributed by atoms with Crippen molar-refractivity contribution >= 4 is 75.1 Å². The summed E-state index contributed by atoms with van der Waals surface area (Å²) in [5, 5.41) is 0.00503. The second kappa shape index (κ2) is 12.7. The van der Waals surface area contributed by atoms with Crippen molar-refractivity contribution in [1.29, 1.82) is 0 Å². The molecule has 9 aromatic carbocycles. The van der Waals surface area contributed by atoms with Crippen molar-refractivity contribution in [2.45, 2.75) is 0 Å². The summed E-state index contributed by atoms with van der Waals surface area (Å²) >= 11 is 0.884. The van der Waals surface area contributed by atoms with Crippen LogP contribution in [0.1, 0.15) is 30.2 Å². The Balaban J connectivity index is 1.17. The number of hydrogen-bond acceptors (Lipinski definition) is 1. The van der Waals surface area contributed by atoms with Crippen LogP contribution in [0.2, 0.25) is 0 Å². The second-order valence-electron chi connectivity index (χ2n) is 13.2. The largest absolute Gasteiger partial charge is 0.309 e. The van der Waals surface area contributed by atoms with E-state index in [9.17, 15) is 12.3 Å². The zero-order valence-corrected chi connectivity index (χ0v) is 30.0. The number of benzene rings is 9. The molecular weight excluding hydrogens is 709 g/mol. The second-order valence-corrected chi connectivity index (χ2v) is 14.2. The third-order valence-electron chi connectivity index (χ3n) is 10.1. The van der Waals surface area contributed by atoms with Gasteiger partial charge in [-0.2, -0.15) is 0 Å². The lowest BCUT2D eigenvalue weighted by Crippen LogP contribution is -1.93. The van der Waals surface area contributed by atoms with E-state index in [0.717, 1.165) is 23.5 Å². The van der Waals surface area contributed by atoms with Gasteiger partial charge in [0.25, 0.3) is 0 Å². The number of nitrogens with zero attached hydrogens (tertiary/aromatic N) is 2. The summed E-state index contributed by atoms with van der Waals surface area (Å²) < 4.78 is 203. The minimum absolute atomic E-state index is 0.0176. The van der Waals surface area contributed by atoms with E-state index in [1.165, 1.54) is 39.5 Å². The molecule has 12 aromatic rings. The van der Waals surface area contributed by atoms with E-state index in [-0.39, 0.29) is 151 Å². The van der Waals surface area contributed by atoms with E-state index < -0.39 is 84.6 Å². The molecule has 0 amide bonds. The first kappa shape index (κ1) is 17.3. The molecule has 3 heteroatoms. The van der Waals surface area contributed by atoms with Gasteiger partial charge < -0.3 is 9.13 Å². The van der Waals surface area contributed by atoms with E-state index in [4.69, 9.17) is 17.8 Å². The van der Waals surface area contributed by atoms with Crippen LogP contribution in [-0.4, -0.2) is 9.13 Å². The summed E-state index contributed by atoms with van der Waals surface area (Å²) in [6.07, 6.45) is 0. The number of rotatable bonds is 5. The molecule has 0 spiro atoms. The molecular formula is C54H34N2S. The lowest BCUT2D eigenvalue weighted by Gasteiger charge is -2.10. The topological polar surface area (TPSA) is 9.86 Å². The summed E-state index contributed by atoms with van der Waals surface area (Å²) in [4.78, 5) is 0. The van der Waals surface area contributed by atoms with Gasteiger partial charge in [-0.1, -0.05) is 145 Å². The molecule has 0 N–H and O–H groups in total. The van der Waals surface area contributed by atoms with Crippen LogP contribution in [-0.2, 0) is 0 Å². The highest BCUT2D eigenvalue weighted by Gasteiger charge is 2.19. The van der Waals surface area contributed by atoms with E-state index in [1.54, 1.807) is 30.3 Å². The molecule has 0 aliphatic heterocycles. The minimum atomic E-state index is -0.688. The molecule has 57 heavy (non-hydrogen) atoms. The number of para-hydroxylation sites is 3. The van der Waals surface area contributed by atoms with Gasteiger partial charge in [0.15, 0.2) is 0 Å². The molecule has 0 fully saturated rings. The highest BCUT2D eigenvalue weighted by molar-refractivity contribution is 7.26. The van der Waals surface area contributed by atoms with E-state index in [2.05, 4.69) is 0 Å². The van der Waals surface area contributed by atoms with Crippen molar-refractivity contribution in [2.75, 3.05) is 0 Å². The van der Waals surface area contributed by atoms with Crippen LogP contribution in [0, 0.1) is 0 Å². The zero-order chi connectivity index (χ0) is 56.6. The predicted molar refractivity (Wildman–Crippen MR) is 244 cm³/mol. The lowest BCUT2D eigenvalue weighted by molar-refractivity contribution is 1.18. The summed E-state index contributed by atoms with van der Waals surface area (Å²) in [5.74, 6) is 0. The third-order valence-corrected chi connectivity index (χ3v) is 11.1. The van der Waals surface area contributed by atoms with Gasteiger partial charge in [-0.3, -0.25) is 0 Å². The average molecular weight is 765 g/mol. The minimum Gasteiger partial charge on any atom is -0.309 e. The first-order chi connectivity index (χ1) is 37.4. The Kier molecular flexibility index (Phi) is 3.85. The fourth-order valence-electron chi connectivity index (χ4n) is 7.61. The molecule has 12 rings (SSSR count). The SMILES string of the molecule is [2H]c1cc([2H])c([2H])c(-c2c([2H])cc(-c3c([2H])c([2H])c([2H])c4sc5cc(-n6c7cc([2H])c(-c8cc([2H])c([2H])c9c8c8cc([2H])c([2H])c([2H])c8n9-c8ccccc8)c([2H])c7c7c([2H])c([2H])c([2H])c([2H])c76)c([2H])c([2H])c5c34)c([2H])c2[2H])c1. The predicted octanol–water partition coefficient (Wildman–Crippen LogP) is 15.2. The quantitative estimate of drug-likeness (QED) is 0.165. The molecule has 0 aliphatic rings. The first-order valence-electron chi connectivity index (χ1n) is 28.7. The van der Waals surface area contributed by atoms with Crippen LogP contribution in [0.3, 0.4) is 0 Å². The van der Waals surface area contributed by atoms with Crippen LogP contribution in [0.5, 0.6) is 0 Å². The fraction of sp³-hybridized carbons (Fsp3) is 0. The van der Waals surface area contributed by atoms with Gasteiger partial charge in [0, 0.05) is 53.1 Å². The van der Waals surface area contributed by atoms with Gasteiger partial charge in [0.05, 0.1) is 52.2 Å². The average Bonchev–Trinajstić information content (AvgIpc) is 3.65. The molecule has 0 saturated heterocycles. The highest BCUT2D eigenvalue weighted by Crippen LogP contribution is 2.44. The molecule has 0 saturated carbocycles. The summed E-state index contributed by atoms with van der Waals surface area (Å²) in [6, 6.07) is 7.08. The molecule has 0 radical (unpaired) electrons. The molecule has 3 heterocycles. The Morgan fingerprint density at radius 3 is 2.14 bits per heavy atom. The molecule has 3 aromatic heterocycles. The lowest BCUT2D eigenvalue weighted by atomic mass is 9.97. The maximum atomic E-state index is 10.1. The van der Waals surface area contributed by atoms with Crippen LogP contribution in [0.4, 0.5) is 0 Å². The van der Waals surface area contributed by atoms with Crippen molar-refractivity contribution in [1.82, 2.24) is 9.13 Å². The summed E-state index contributed by atoms with van der Waals surface area (Å²) in [7, 11) is 0. The standard InChI is InChI=1S/C54H34N2S/c1-3-13-35(14-4-1)36-25-27-37(28-26-36)41-20-12-24-51-54(41)45-31-30-40(34-52(45)57-51)56-47-21-9-7-17-43(47)46-33-38(29-32-49(46)56)42-19-11-23-50-53(42)44-18-8-10-22-48(44)55(50)39-15-5-2-6-16-39/h1-34H/i3D,4D,7D,8D,9D,10D,11D,12D,13D,17D,20D,21D,22D,23D,24D,25D,26D,27D,29D,30D,31D,33D. The molecule has 0 atom stereocenters. The monoisotopic (exact) mass is 764 g/mol. The van der Waals surface area contributed by atoms with E-state index in [0.29, 0.717) is 5.69 Å². The van der Waals surface area contributed by atoms with Crippen molar-refractivity contribution in [3.63, 3.8) is 0 Å². The van der Waals surface area contributed by atoms with Crippen LogP contribution < -0.4 is 0 Å². The zero-order valence-electron chi connectivity index (χ0n) is 51.2. The van der Waals surface area contributed by atoms with Gasteiger partial charge in [-0.05, 0) is 93.9 Å². The number of hydrogen-bond donors (Lipinski definition) is 0. The number of thiophene rings is 1. The molecule has 266 valence electrons. The van der Waals surface area contributed by atoms with Crippen molar-refractivity contribution in [3.05, 3.63) is 206 Å². The Labute approximate surface area is 364 Å². The molecule has 0 aliphatic carbocycles. The van der Waals surface area contributed by atoms with Crippen LogP contribution >= 0.6 is 11.3 Å². The highest BCUT2D eigenvalue weighted by atomic mass is 32.1. The third kappa shape index (κ3) is 4.96. The molecule has 0 unspecified atom stereocenters. The first-order valence-corrected chi connectivity index (χ1v) is 18.5. The number of aromatic nitrogens is 2. The van der Waals surface area contributed by atoms with Gasteiger partial charge in [-0.15, -0.1) is 11.3 Å². The van der Waals surface area contributed by atoms with Crippen molar-refractivity contribution in [3.8, 4) is 44.8 Å². The summed E-state index contributed by atoms with van der Waals surface area (Å²) in [6.45, 7) is 0. The van der Waals surface area contributed by atoms with Gasteiger partial charge in [-0.25, -0.2) is 0 Å². The maximum Gasteiger partial charge on any atom is 0.0645 e. The fourth-order valence-corrected chi connectivity index (χ4v) is 8.66. The van der Waals surface area contributed by atoms with Crippen molar-refractivity contribution in [2.24, 2.45) is 0 Å². The Bertz CT molecular complexity index is 4810. The smallest absolute Gasteiger partial charge is 0.0645 e. The van der Waals surface area contributed by atoms with Gasteiger partial charge in [0.1, 0.15) is 0 Å².